The third-order valence-corrected chi connectivity index (χ3v) is 5.44. The number of carboxylic acid groups (broad SMARTS) is 1. The van der Waals surface area contributed by atoms with Gasteiger partial charge in [0, 0.05) is 16.7 Å². The molecule has 44 heavy (non-hydrogen) atoms. The molecule has 0 atom stereocenters. The van der Waals surface area contributed by atoms with E-state index in [1.165, 1.54) is 13.2 Å². The van der Waals surface area contributed by atoms with Crippen LogP contribution in [0.3, 0.4) is 0 Å². The number of rotatable bonds is 9. The number of aliphatic imine (C=N–C) groups is 1. The maximum atomic E-state index is 13.0. The largest absolute Gasteiger partial charge is 1.00 e. The maximum absolute atomic E-state index is 13.0. The van der Waals surface area contributed by atoms with E-state index in [0.29, 0.717) is 27.8 Å². The van der Waals surface area contributed by atoms with Crippen LogP contribution in [0, 0.1) is 0 Å². The first-order chi connectivity index (χ1) is 19.9. The van der Waals surface area contributed by atoms with Crippen LogP contribution in [-0.2, 0) is 38.4 Å². The first kappa shape index (κ1) is 41.8. The summed E-state index contributed by atoms with van der Waals surface area (Å²) in [6.07, 6.45) is -0.114. The van der Waals surface area contributed by atoms with Crippen LogP contribution in [-0.4, -0.2) is 40.7 Å². The van der Waals surface area contributed by atoms with Crippen molar-refractivity contribution >= 4 is 52.7 Å². The molecule has 1 amide bonds. The number of carbonyl (C=O) groups is 3. The van der Waals surface area contributed by atoms with Crippen molar-refractivity contribution in [1.82, 2.24) is 0 Å². The van der Waals surface area contributed by atoms with Crippen LogP contribution >= 0.6 is 12.2 Å². The molecule has 0 heterocycles. The van der Waals surface area contributed by atoms with Gasteiger partial charge in [-0.1, -0.05) is 92.5 Å². The van der Waals surface area contributed by atoms with Gasteiger partial charge in [0.15, 0.2) is 0 Å². The standard InChI is InChI=1S/C11H8FNOS.C11H11FO2.C10H9FO2.Li.H2O/c1-8(12)10-5-3-2-4-9(10)6-11(14)13-7-15;1-8(12)10-6-4-3-5-9(10)7-11(13)14-2;1-7(11)9-5-3-2-4-8(9)6-10(12)13;;/h2-5H,1,6H2;3-6H,1,7H2,2H3;2-5H,1,6H2,(H,12,13);;1H2/q;;;+1;/p-1. The Morgan fingerprint density at radius 2 is 1.09 bits per heavy atom. The van der Waals surface area contributed by atoms with Crippen molar-refractivity contribution in [2.45, 2.75) is 19.3 Å². The summed E-state index contributed by atoms with van der Waals surface area (Å²) < 4.78 is 43.1. The second-order valence-corrected chi connectivity index (χ2v) is 8.47. The topological polar surface area (TPSA) is 123 Å². The molecule has 2 N–H and O–H groups in total. The van der Waals surface area contributed by atoms with E-state index in [4.69, 9.17) is 5.11 Å². The van der Waals surface area contributed by atoms with Crippen LogP contribution in [0.2, 0.25) is 0 Å². The molecule has 0 aliphatic rings. The van der Waals surface area contributed by atoms with Crippen LogP contribution in [0.5, 0.6) is 0 Å². The molecule has 0 unspecified atom stereocenters. The number of methoxy groups -OCH3 is 1. The normalized spacial score (nSPS) is 9.00. The number of amides is 1. The Bertz CT molecular complexity index is 1520. The third-order valence-electron chi connectivity index (χ3n) is 5.35. The van der Waals surface area contributed by atoms with Crippen LogP contribution < -0.4 is 18.9 Å². The molecular formula is C32H29F3LiNO6S. The monoisotopic (exact) mass is 619 g/mol. The van der Waals surface area contributed by atoms with E-state index >= 15 is 0 Å². The molecule has 7 nitrogen and oxygen atoms in total. The molecule has 0 radical (unpaired) electrons. The first-order valence-corrected chi connectivity index (χ1v) is 12.5. The molecule has 0 bridgehead atoms. The summed E-state index contributed by atoms with van der Waals surface area (Å²) in [6, 6.07) is 19.7. The predicted octanol–water partition coefficient (Wildman–Crippen LogP) is 4.22. The summed E-state index contributed by atoms with van der Waals surface area (Å²) in [5, 5.41) is 10.5. The Morgan fingerprint density at radius 1 is 0.750 bits per heavy atom. The molecule has 3 aromatic carbocycles. The fourth-order valence-electron chi connectivity index (χ4n) is 3.46. The average Bonchev–Trinajstić information content (AvgIpc) is 2.94. The summed E-state index contributed by atoms with van der Waals surface area (Å²) >= 11 is 4.30. The molecular weight excluding hydrogens is 590 g/mol. The number of nitrogens with zero attached hydrogens (tertiary/aromatic N) is 1. The number of thiocarbonyl (C=S) groups is 1. The Labute approximate surface area is 271 Å². The zero-order valence-corrected chi connectivity index (χ0v) is 25.0. The van der Waals surface area contributed by atoms with Gasteiger partial charge in [-0.2, -0.15) is 4.99 Å². The van der Waals surface area contributed by atoms with Crippen molar-refractivity contribution < 1.29 is 61.7 Å². The fraction of sp³-hybridized carbons (Fsp3) is 0.125. The number of benzene rings is 3. The van der Waals surface area contributed by atoms with Gasteiger partial charge in [-0.05, 0) is 28.9 Å². The molecule has 0 fully saturated rings. The SMILES string of the molecule is C=C(F)c1ccccc1CC(=O)N=C=S.C=C(F)c1ccccc1CC(=O)O.C=C(F)c1ccccc1CC(=O)OC.[Li+].[OH-]. The van der Waals surface area contributed by atoms with E-state index < -0.39 is 35.3 Å². The minimum absolute atomic E-state index is 0. The molecule has 0 aromatic heterocycles. The Hall–Kier alpha value is -4.36. The van der Waals surface area contributed by atoms with Crippen LogP contribution in [0.25, 0.3) is 17.5 Å². The van der Waals surface area contributed by atoms with Crippen molar-refractivity contribution in [3.05, 3.63) is 126 Å². The number of esters is 1. The molecule has 226 valence electrons. The molecule has 0 saturated carbocycles. The predicted molar refractivity (Wildman–Crippen MR) is 162 cm³/mol. The Kier molecular flexibility index (Phi) is 21.1. The number of carbonyl (C=O) groups excluding carboxylic acids is 2. The minimum atomic E-state index is -0.978. The van der Waals surface area contributed by atoms with Crippen molar-refractivity contribution in [2.75, 3.05) is 7.11 Å². The third kappa shape index (κ3) is 15.2. The molecule has 0 aliphatic heterocycles. The second kappa shape index (κ2) is 22.2. The minimum Gasteiger partial charge on any atom is -0.870 e. The summed E-state index contributed by atoms with van der Waals surface area (Å²) in [4.78, 5) is 35.8. The van der Waals surface area contributed by atoms with Crippen molar-refractivity contribution in [3.63, 3.8) is 0 Å². The molecule has 3 rings (SSSR count). The molecule has 0 spiro atoms. The zero-order chi connectivity index (χ0) is 31.7. The molecule has 0 aliphatic carbocycles. The first-order valence-electron chi connectivity index (χ1n) is 12.1. The fourth-order valence-corrected chi connectivity index (χ4v) is 3.56. The number of halogens is 3. The number of isothiocyanates is 1. The zero-order valence-electron chi connectivity index (χ0n) is 24.2. The Morgan fingerprint density at radius 3 is 1.41 bits per heavy atom. The van der Waals surface area contributed by atoms with Gasteiger partial charge in [0.1, 0.15) is 17.5 Å². The van der Waals surface area contributed by atoms with Gasteiger partial charge >= 0.3 is 30.8 Å². The quantitative estimate of drug-likeness (QED) is 0.165. The van der Waals surface area contributed by atoms with E-state index in [-0.39, 0.29) is 49.2 Å². The van der Waals surface area contributed by atoms with Gasteiger partial charge in [-0.25, -0.2) is 13.2 Å². The van der Waals surface area contributed by atoms with Crippen LogP contribution in [0.1, 0.15) is 33.4 Å². The van der Waals surface area contributed by atoms with E-state index in [1.54, 1.807) is 66.7 Å². The van der Waals surface area contributed by atoms with E-state index in [1.807, 2.05) is 5.16 Å². The van der Waals surface area contributed by atoms with Crippen molar-refractivity contribution in [2.24, 2.45) is 4.99 Å². The smallest absolute Gasteiger partial charge is 0.870 e. The second-order valence-electron chi connectivity index (χ2n) is 8.28. The van der Waals surface area contributed by atoms with Crippen LogP contribution in [0.15, 0.2) is 97.5 Å². The van der Waals surface area contributed by atoms with Crippen LogP contribution in [0.4, 0.5) is 13.2 Å². The number of ether oxygens (including phenoxy) is 1. The van der Waals surface area contributed by atoms with Gasteiger partial charge in [-0.15, -0.1) is 0 Å². The molecule has 0 saturated heterocycles. The number of hydrogen-bond donors (Lipinski definition) is 1. The van der Waals surface area contributed by atoms with E-state index in [2.05, 4.69) is 41.7 Å². The summed E-state index contributed by atoms with van der Waals surface area (Å²) in [5.74, 6) is -3.52. The molecule has 3 aromatic rings. The van der Waals surface area contributed by atoms with Crippen molar-refractivity contribution in [1.29, 1.82) is 0 Å². The van der Waals surface area contributed by atoms with E-state index in [0.717, 1.165) is 0 Å². The number of aliphatic carboxylic acids is 1. The number of carboxylic acids is 1. The summed E-state index contributed by atoms with van der Waals surface area (Å²) in [7, 11) is 1.30. The van der Waals surface area contributed by atoms with Crippen molar-refractivity contribution in [3.8, 4) is 0 Å². The van der Waals surface area contributed by atoms with Gasteiger partial charge in [-0.3, -0.25) is 14.4 Å². The molecule has 12 heteroatoms. The average molecular weight is 620 g/mol. The number of hydrogen-bond acceptors (Lipinski definition) is 6. The van der Waals surface area contributed by atoms with E-state index in [9.17, 15) is 27.6 Å². The maximum Gasteiger partial charge on any atom is 1.00 e. The Balaban J connectivity index is 0. The van der Waals surface area contributed by atoms with Gasteiger partial charge in [0.2, 0.25) is 0 Å². The summed E-state index contributed by atoms with van der Waals surface area (Å²) in [5.41, 5.74) is 2.53. The van der Waals surface area contributed by atoms with Gasteiger partial charge < -0.3 is 15.3 Å². The summed E-state index contributed by atoms with van der Waals surface area (Å²) in [6.45, 7) is 9.53. The van der Waals surface area contributed by atoms with Gasteiger partial charge in [0.05, 0.1) is 31.5 Å². The van der Waals surface area contributed by atoms with Gasteiger partial charge in [0.25, 0.3) is 5.91 Å².